The zero-order chi connectivity index (χ0) is 25.8. The summed E-state index contributed by atoms with van der Waals surface area (Å²) < 4.78 is 70.4. The molecule has 0 aliphatic carbocycles. The summed E-state index contributed by atoms with van der Waals surface area (Å²) in [5.41, 5.74) is 7.04. The molecule has 3 rings (SSSR count). The first-order chi connectivity index (χ1) is 16.4. The fraction of sp³-hybridized carbons (Fsp3) is 0.238. The Morgan fingerprint density at radius 3 is 2.14 bits per heavy atom. The summed E-state index contributed by atoms with van der Waals surface area (Å²) in [7, 11) is -6.93. The number of amidine groups is 1. The normalized spacial score (nSPS) is 11.6. The zero-order valence-corrected chi connectivity index (χ0v) is 20.7. The second kappa shape index (κ2) is 10.2. The van der Waals surface area contributed by atoms with Crippen molar-refractivity contribution >= 4 is 26.1 Å². The molecular formula is C21H24N4O8S2. The van der Waals surface area contributed by atoms with Gasteiger partial charge in [-0.15, -0.1) is 0 Å². The van der Waals surface area contributed by atoms with Crippen molar-refractivity contribution in [3.05, 3.63) is 65.7 Å². The number of nitrogens with zero attached hydrogens (tertiary/aromatic N) is 2. The lowest BCUT2D eigenvalue weighted by atomic mass is 10.1. The van der Waals surface area contributed by atoms with E-state index < -0.39 is 31.8 Å². The molecule has 2 aromatic carbocycles. The van der Waals surface area contributed by atoms with Gasteiger partial charge in [0.15, 0.2) is 11.5 Å². The smallest absolute Gasteiger partial charge is 0.306 e. The van der Waals surface area contributed by atoms with Crippen LogP contribution in [0.4, 0.5) is 0 Å². The molecule has 188 valence electrons. The van der Waals surface area contributed by atoms with Gasteiger partial charge in [-0.25, -0.2) is 4.98 Å². The van der Waals surface area contributed by atoms with E-state index in [2.05, 4.69) is 4.98 Å². The van der Waals surface area contributed by atoms with Crippen molar-refractivity contribution < 1.29 is 34.7 Å². The maximum Gasteiger partial charge on any atom is 0.306 e. The van der Waals surface area contributed by atoms with E-state index in [0.29, 0.717) is 12.1 Å². The minimum Gasteiger partial charge on any atom is -0.490 e. The van der Waals surface area contributed by atoms with Crippen LogP contribution in [-0.4, -0.2) is 51.8 Å². The van der Waals surface area contributed by atoms with Gasteiger partial charge in [0, 0.05) is 25.0 Å². The van der Waals surface area contributed by atoms with Gasteiger partial charge in [0.1, 0.15) is 12.4 Å². The lowest BCUT2D eigenvalue weighted by Gasteiger charge is -2.20. The van der Waals surface area contributed by atoms with Gasteiger partial charge in [-0.3, -0.25) is 5.41 Å². The third kappa shape index (κ3) is 7.10. The maximum atomic E-state index is 11.9. The Balaban J connectivity index is 1.99. The topological polar surface area (TPSA) is 173 Å². The van der Waals surface area contributed by atoms with Crippen molar-refractivity contribution in [2.75, 3.05) is 19.6 Å². The van der Waals surface area contributed by atoms with Gasteiger partial charge < -0.3 is 28.1 Å². The Labute approximate surface area is 203 Å². The van der Waals surface area contributed by atoms with Crippen molar-refractivity contribution in [2.24, 2.45) is 5.73 Å². The van der Waals surface area contributed by atoms with E-state index in [1.165, 1.54) is 7.11 Å². The highest BCUT2D eigenvalue weighted by Crippen LogP contribution is 2.48. The monoisotopic (exact) mass is 524 g/mol. The Morgan fingerprint density at radius 2 is 1.63 bits per heavy atom. The van der Waals surface area contributed by atoms with Crippen LogP contribution in [0.3, 0.4) is 0 Å². The summed E-state index contributed by atoms with van der Waals surface area (Å²) in [6, 6.07) is 8.44. The molecule has 12 nitrogen and oxygen atoms in total. The molecule has 0 radical (unpaired) electrons. The first kappa shape index (κ1) is 25.8. The number of hydrogen-bond donors (Lipinski definition) is 2. The van der Waals surface area contributed by atoms with Crippen molar-refractivity contribution in [3.8, 4) is 23.0 Å². The summed E-state index contributed by atoms with van der Waals surface area (Å²) in [5.74, 6) is -1.95. The Bertz CT molecular complexity index is 1420. The van der Waals surface area contributed by atoms with Crippen LogP contribution < -0.4 is 23.6 Å². The predicted octanol–water partition coefficient (Wildman–Crippen LogP) is 1.48. The van der Waals surface area contributed by atoms with Crippen molar-refractivity contribution in [1.29, 1.82) is 5.41 Å². The molecule has 0 saturated heterocycles. The molecule has 35 heavy (non-hydrogen) atoms. The Morgan fingerprint density at radius 1 is 1.00 bits per heavy atom. The van der Waals surface area contributed by atoms with Gasteiger partial charge in [-0.2, -0.15) is 16.8 Å². The van der Waals surface area contributed by atoms with Crippen molar-refractivity contribution in [3.63, 3.8) is 0 Å². The molecule has 0 aliphatic heterocycles. The number of methoxy groups -OCH3 is 1. The van der Waals surface area contributed by atoms with Crippen LogP contribution >= 0.6 is 0 Å². The van der Waals surface area contributed by atoms with E-state index >= 15 is 0 Å². The van der Waals surface area contributed by atoms with E-state index in [9.17, 15) is 16.8 Å². The number of rotatable bonds is 11. The minimum absolute atomic E-state index is 0.0560. The molecule has 0 fully saturated rings. The van der Waals surface area contributed by atoms with Gasteiger partial charge in [-0.1, -0.05) is 24.3 Å². The molecule has 1 heterocycles. The highest BCUT2D eigenvalue weighted by molar-refractivity contribution is 7.86. The number of imidazole rings is 1. The molecule has 0 aliphatic rings. The van der Waals surface area contributed by atoms with Crippen LogP contribution in [0, 0.1) is 5.41 Å². The van der Waals surface area contributed by atoms with E-state index in [1.54, 1.807) is 12.5 Å². The van der Waals surface area contributed by atoms with Crippen LogP contribution in [0.2, 0.25) is 0 Å². The van der Waals surface area contributed by atoms with E-state index in [4.69, 9.17) is 29.0 Å². The fourth-order valence-electron chi connectivity index (χ4n) is 3.07. The van der Waals surface area contributed by atoms with Crippen LogP contribution in [0.5, 0.6) is 23.0 Å². The van der Waals surface area contributed by atoms with E-state index in [-0.39, 0.29) is 29.4 Å². The Hall–Kier alpha value is -3.78. The van der Waals surface area contributed by atoms with Gasteiger partial charge in [-0.05, 0) is 11.1 Å². The fourth-order valence-corrected chi connectivity index (χ4v) is 3.99. The van der Waals surface area contributed by atoms with Gasteiger partial charge in [0.05, 0.1) is 31.5 Å². The van der Waals surface area contributed by atoms with Crippen molar-refractivity contribution in [2.45, 2.75) is 13.2 Å². The minimum atomic E-state index is -4.08. The number of hydrogen-bond acceptors (Lipinski definition) is 10. The number of nitrogens with one attached hydrogen (secondary N) is 1. The van der Waals surface area contributed by atoms with Crippen LogP contribution in [-0.2, 0) is 33.4 Å². The molecule has 1 aromatic heterocycles. The molecule has 0 amide bonds. The lowest BCUT2D eigenvalue weighted by Crippen LogP contribution is -2.18. The highest BCUT2D eigenvalue weighted by Gasteiger charge is 2.28. The quantitative estimate of drug-likeness (QED) is 0.212. The number of nitrogen functional groups attached to an aromatic ring is 1. The van der Waals surface area contributed by atoms with Crippen LogP contribution in [0.25, 0.3) is 0 Å². The van der Waals surface area contributed by atoms with E-state index in [1.807, 2.05) is 35.0 Å². The second-order valence-electron chi connectivity index (χ2n) is 7.44. The van der Waals surface area contributed by atoms with Crippen LogP contribution in [0.1, 0.15) is 16.7 Å². The standard InChI is InChI=1S/C21H24N4O8S2/c1-30-20-18(33-35(3,28)29)16(21(22)23)10-17(32-34(2,26)27)19(20)31-12-15-6-4-14(5-7-15)11-25-9-8-24-13-25/h4-10,13H,11-12H2,1-3H3,(H3,22,23). The predicted molar refractivity (Wildman–Crippen MR) is 127 cm³/mol. The molecule has 0 saturated carbocycles. The third-order valence-electron chi connectivity index (χ3n) is 4.46. The number of nitrogens with two attached hydrogens (primary N) is 1. The number of aromatic nitrogens is 2. The average molecular weight is 525 g/mol. The maximum absolute atomic E-state index is 11.9. The third-order valence-corrected chi connectivity index (χ3v) is 5.41. The van der Waals surface area contributed by atoms with Gasteiger partial charge in [0.25, 0.3) is 0 Å². The molecule has 0 bridgehead atoms. The summed E-state index contributed by atoms with van der Waals surface area (Å²) >= 11 is 0. The first-order valence-corrected chi connectivity index (χ1v) is 13.5. The summed E-state index contributed by atoms with van der Waals surface area (Å²) in [6.45, 7) is 0.569. The number of ether oxygens (including phenoxy) is 2. The molecule has 3 aromatic rings. The SMILES string of the molecule is COc1c(OCc2ccc(Cn3ccnc3)cc2)c(OS(C)(=O)=O)cc(C(=N)N)c1OS(C)(=O)=O. The molecule has 3 N–H and O–H groups in total. The van der Waals surface area contributed by atoms with Gasteiger partial charge in [0.2, 0.25) is 11.5 Å². The largest absolute Gasteiger partial charge is 0.490 e. The van der Waals surface area contributed by atoms with E-state index in [0.717, 1.165) is 24.1 Å². The summed E-state index contributed by atoms with van der Waals surface area (Å²) in [5, 5.41) is 7.78. The highest BCUT2D eigenvalue weighted by atomic mass is 32.2. The molecule has 0 unspecified atom stereocenters. The molecular weight excluding hydrogens is 500 g/mol. The van der Waals surface area contributed by atoms with Crippen LogP contribution in [0.15, 0.2) is 49.1 Å². The lowest BCUT2D eigenvalue weighted by molar-refractivity contribution is 0.272. The second-order valence-corrected chi connectivity index (χ2v) is 10.6. The summed E-state index contributed by atoms with van der Waals surface area (Å²) in [6.07, 6.45) is 6.84. The van der Waals surface area contributed by atoms with Crippen molar-refractivity contribution in [1.82, 2.24) is 9.55 Å². The zero-order valence-electron chi connectivity index (χ0n) is 19.1. The molecule has 14 heteroatoms. The molecule has 0 spiro atoms. The molecule has 0 atom stereocenters. The first-order valence-electron chi connectivity index (χ1n) is 9.91. The average Bonchev–Trinajstić information content (AvgIpc) is 3.25. The van der Waals surface area contributed by atoms with Gasteiger partial charge >= 0.3 is 20.2 Å². The number of benzene rings is 2. The summed E-state index contributed by atoms with van der Waals surface area (Å²) in [4.78, 5) is 4.00. The Kier molecular flexibility index (Phi) is 7.55.